The molecule has 0 fully saturated rings. The third-order valence-electron chi connectivity index (χ3n) is 1.89. The van der Waals surface area contributed by atoms with E-state index in [0.29, 0.717) is 0 Å². The molecule has 88 valence electrons. The highest BCUT2D eigenvalue weighted by Crippen LogP contribution is 2.35. The number of carbonyl (C=O) groups excluding carboxylic acids is 1. The first-order valence-corrected chi connectivity index (χ1v) is 4.66. The number of rotatable bonds is 2. The van der Waals surface area contributed by atoms with Crippen LogP contribution in [0.4, 0.5) is 13.2 Å². The van der Waals surface area contributed by atoms with Gasteiger partial charge in [-0.1, -0.05) is 17.7 Å². The van der Waals surface area contributed by atoms with E-state index < -0.39 is 17.9 Å². The zero-order valence-electron chi connectivity index (χ0n) is 8.48. The first kappa shape index (κ1) is 12.8. The second kappa shape index (κ2) is 4.33. The Morgan fingerprint density at radius 1 is 1.38 bits per heavy atom. The Hall–Kier alpha value is -1.23. The summed E-state index contributed by atoms with van der Waals surface area (Å²) in [6.07, 6.45) is -4.83. The van der Waals surface area contributed by atoms with Crippen LogP contribution in [0.3, 0.4) is 0 Å². The van der Waals surface area contributed by atoms with Gasteiger partial charge < -0.3 is 4.74 Å². The summed E-state index contributed by atoms with van der Waals surface area (Å²) in [5, 5.41) is -0.315. The van der Waals surface area contributed by atoms with Crippen molar-refractivity contribution in [1.82, 2.24) is 0 Å². The lowest BCUT2D eigenvalue weighted by Crippen LogP contribution is -2.18. The normalized spacial score (nSPS) is 11.4. The predicted octanol–water partition coefficient (Wildman–Crippen LogP) is 3.75. The highest BCUT2D eigenvalue weighted by atomic mass is 35.5. The van der Waals surface area contributed by atoms with Crippen molar-refractivity contribution >= 4 is 17.4 Å². The third kappa shape index (κ3) is 2.88. The highest BCUT2D eigenvalue weighted by molar-refractivity contribution is 6.35. The van der Waals surface area contributed by atoms with Crippen molar-refractivity contribution in [2.24, 2.45) is 0 Å². The van der Waals surface area contributed by atoms with E-state index in [0.717, 1.165) is 0 Å². The number of hydrogen-bond acceptors (Lipinski definition) is 2. The fourth-order valence-electron chi connectivity index (χ4n) is 1.17. The van der Waals surface area contributed by atoms with Crippen LogP contribution in [0.5, 0.6) is 5.75 Å². The van der Waals surface area contributed by atoms with Gasteiger partial charge in [0.15, 0.2) is 11.5 Å². The van der Waals surface area contributed by atoms with Crippen molar-refractivity contribution < 1.29 is 22.7 Å². The average Bonchev–Trinajstić information content (AvgIpc) is 2.10. The van der Waals surface area contributed by atoms with Crippen LogP contribution in [0.25, 0.3) is 0 Å². The van der Waals surface area contributed by atoms with Crippen LogP contribution < -0.4 is 4.74 Å². The van der Waals surface area contributed by atoms with E-state index in [1.165, 1.54) is 26.0 Å². The molecular formula is C10H8ClF3O2. The molecule has 1 aromatic carbocycles. The summed E-state index contributed by atoms with van der Waals surface area (Å²) in [7, 11) is 0. The Labute approximate surface area is 95.0 Å². The van der Waals surface area contributed by atoms with Gasteiger partial charge in [-0.15, -0.1) is 13.2 Å². The molecular weight excluding hydrogens is 245 g/mol. The molecule has 1 aromatic rings. The minimum Gasteiger partial charge on any atom is -0.404 e. The largest absolute Gasteiger partial charge is 0.573 e. The van der Waals surface area contributed by atoms with E-state index in [1.807, 2.05) is 0 Å². The van der Waals surface area contributed by atoms with Gasteiger partial charge in [0.25, 0.3) is 0 Å². The lowest BCUT2D eigenvalue weighted by molar-refractivity contribution is -0.274. The molecule has 6 heteroatoms. The van der Waals surface area contributed by atoms with Gasteiger partial charge >= 0.3 is 6.36 Å². The molecule has 2 nitrogen and oxygen atoms in total. The summed E-state index contributed by atoms with van der Waals surface area (Å²) >= 11 is 5.67. The van der Waals surface area contributed by atoms with E-state index >= 15 is 0 Å². The van der Waals surface area contributed by atoms with E-state index in [4.69, 9.17) is 11.6 Å². The maximum Gasteiger partial charge on any atom is 0.573 e. The number of ketones is 1. The summed E-state index contributed by atoms with van der Waals surface area (Å²) in [6, 6.07) is 2.72. The fraction of sp³-hybridized carbons (Fsp3) is 0.300. The molecule has 0 aliphatic heterocycles. The number of carbonyl (C=O) groups is 1. The molecule has 0 aliphatic rings. The van der Waals surface area contributed by atoms with Gasteiger partial charge in [-0.3, -0.25) is 4.79 Å². The first-order chi connectivity index (χ1) is 7.22. The van der Waals surface area contributed by atoms with Crippen LogP contribution in [0.2, 0.25) is 5.02 Å². The number of aryl methyl sites for hydroxylation is 1. The molecule has 0 heterocycles. The standard InChI is InChI=1S/C10H8ClF3O2/c1-5-3-4-7(6(2)15)8(11)9(5)16-10(12,13)14/h3-4H,1-2H3. The number of benzene rings is 1. The number of Topliss-reactive ketones (excluding diaryl/α,β-unsaturated/α-hetero) is 1. The number of ether oxygens (including phenoxy) is 1. The second-order valence-electron chi connectivity index (χ2n) is 3.18. The molecule has 0 spiro atoms. The van der Waals surface area contributed by atoms with Gasteiger partial charge in [0.05, 0.1) is 5.02 Å². The van der Waals surface area contributed by atoms with Crippen molar-refractivity contribution in [2.45, 2.75) is 20.2 Å². The Morgan fingerprint density at radius 3 is 2.38 bits per heavy atom. The molecule has 0 saturated heterocycles. The number of halogens is 4. The molecule has 0 aliphatic carbocycles. The predicted molar refractivity (Wildman–Crippen MR) is 52.9 cm³/mol. The molecule has 0 radical (unpaired) electrons. The summed E-state index contributed by atoms with van der Waals surface area (Å²) in [5.41, 5.74) is 0.221. The minimum absolute atomic E-state index is 0.00603. The summed E-state index contributed by atoms with van der Waals surface area (Å²) in [6.45, 7) is 2.63. The van der Waals surface area contributed by atoms with Crippen LogP contribution in [0.15, 0.2) is 12.1 Å². The zero-order chi connectivity index (χ0) is 12.5. The zero-order valence-corrected chi connectivity index (χ0v) is 9.24. The van der Waals surface area contributed by atoms with Crippen LogP contribution in [-0.4, -0.2) is 12.1 Å². The Kier molecular flexibility index (Phi) is 3.48. The van der Waals surface area contributed by atoms with Crippen LogP contribution in [0, 0.1) is 6.92 Å². The lowest BCUT2D eigenvalue weighted by Gasteiger charge is -2.14. The van der Waals surface area contributed by atoms with Crippen LogP contribution in [0.1, 0.15) is 22.8 Å². The molecule has 0 amide bonds. The molecule has 16 heavy (non-hydrogen) atoms. The Balaban J connectivity index is 3.27. The molecule has 0 saturated carbocycles. The average molecular weight is 253 g/mol. The third-order valence-corrected chi connectivity index (χ3v) is 2.27. The molecule has 0 atom stereocenters. The SMILES string of the molecule is CC(=O)c1ccc(C)c(OC(F)(F)F)c1Cl. The smallest absolute Gasteiger partial charge is 0.404 e. The number of hydrogen-bond donors (Lipinski definition) is 0. The molecule has 0 N–H and O–H groups in total. The maximum atomic E-state index is 12.1. The molecule has 0 aromatic heterocycles. The van der Waals surface area contributed by atoms with Crippen molar-refractivity contribution in [1.29, 1.82) is 0 Å². The maximum absolute atomic E-state index is 12.1. The van der Waals surface area contributed by atoms with E-state index in [9.17, 15) is 18.0 Å². The molecule has 0 bridgehead atoms. The van der Waals surface area contributed by atoms with Crippen LogP contribution in [-0.2, 0) is 0 Å². The van der Waals surface area contributed by atoms with Crippen molar-refractivity contribution in [3.05, 3.63) is 28.3 Å². The van der Waals surface area contributed by atoms with Crippen LogP contribution >= 0.6 is 11.6 Å². The van der Waals surface area contributed by atoms with Gasteiger partial charge in [-0.2, -0.15) is 0 Å². The molecule has 0 unspecified atom stereocenters. The minimum atomic E-state index is -4.83. The highest BCUT2D eigenvalue weighted by Gasteiger charge is 2.33. The Morgan fingerprint density at radius 2 is 1.94 bits per heavy atom. The summed E-state index contributed by atoms with van der Waals surface area (Å²) < 4.78 is 40.0. The fourth-order valence-corrected chi connectivity index (χ4v) is 1.55. The first-order valence-electron chi connectivity index (χ1n) is 4.28. The van der Waals surface area contributed by atoms with Crippen molar-refractivity contribution in [3.63, 3.8) is 0 Å². The van der Waals surface area contributed by atoms with Gasteiger partial charge in [0.1, 0.15) is 0 Å². The molecule has 1 rings (SSSR count). The van der Waals surface area contributed by atoms with Gasteiger partial charge in [-0.25, -0.2) is 0 Å². The monoisotopic (exact) mass is 252 g/mol. The van der Waals surface area contributed by atoms with Gasteiger partial charge in [0.2, 0.25) is 0 Å². The van der Waals surface area contributed by atoms with Gasteiger partial charge in [-0.05, 0) is 25.5 Å². The van der Waals surface area contributed by atoms with Gasteiger partial charge in [0, 0.05) is 5.56 Å². The van der Waals surface area contributed by atoms with E-state index in [-0.39, 0.29) is 16.1 Å². The van der Waals surface area contributed by atoms with E-state index in [2.05, 4.69) is 4.74 Å². The summed E-state index contributed by atoms with van der Waals surface area (Å²) in [4.78, 5) is 11.1. The van der Waals surface area contributed by atoms with E-state index in [1.54, 1.807) is 0 Å². The Bertz CT molecular complexity index is 427. The number of alkyl halides is 3. The lowest BCUT2D eigenvalue weighted by atomic mass is 10.1. The summed E-state index contributed by atoms with van der Waals surface area (Å²) in [5.74, 6) is -0.945. The second-order valence-corrected chi connectivity index (χ2v) is 3.56. The van der Waals surface area contributed by atoms with Crippen molar-refractivity contribution in [2.75, 3.05) is 0 Å². The topological polar surface area (TPSA) is 26.3 Å². The van der Waals surface area contributed by atoms with Crippen molar-refractivity contribution in [3.8, 4) is 5.75 Å². The quantitative estimate of drug-likeness (QED) is 0.750.